The molecule has 2 heterocycles. The van der Waals surface area contributed by atoms with Crippen LogP contribution in [-0.4, -0.2) is 37.1 Å². The van der Waals surface area contributed by atoms with Gasteiger partial charge in [-0.15, -0.1) is 11.3 Å². The molecule has 0 bridgehead atoms. The van der Waals surface area contributed by atoms with Crippen molar-refractivity contribution in [2.24, 2.45) is 0 Å². The first-order chi connectivity index (χ1) is 9.58. The van der Waals surface area contributed by atoms with Crippen LogP contribution in [0.3, 0.4) is 0 Å². The quantitative estimate of drug-likeness (QED) is 0.798. The highest BCUT2D eigenvalue weighted by molar-refractivity contribution is 7.88. The topological polar surface area (TPSA) is 63.7 Å². The number of carbonyl (C=O) groups excluding carboxylic acids is 1. The summed E-state index contributed by atoms with van der Waals surface area (Å²) in [6.45, 7) is 5.82. The molecule has 1 unspecified atom stereocenters. The number of fused-ring (bicyclic) bond motifs is 1. The number of hydrogen-bond acceptors (Lipinski definition) is 5. The Labute approximate surface area is 130 Å². The molecule has 0 spiro atoms. The number of esters is 1. The van der Waals surface area contributed by atoms with Crippen LogP contribution in [0.15, 0.2) is 11.4 Å². The molecule has 0 aliphatic carbocycles. The van der Waals surface area contributed by atoms with E-state index in [2.05, 4.69) is 0 Å². The summed E-state index contributed by atoms with van der Waals surface area (Å²) in [7, 11) is -3.35. The molecule has 1 atom stereocenters. The van der Waals surface area contributed by atoms with Crippen molar-refractivity contribution < 1.29 is 17.9 Å². The fraction of sp³-hybridized carbons (Fsp3) is 0.643. The van der Waals surface area contributed by atoms with Crippen LogP contribution >= 0.6 is 11.3 Å². The van der Waals surface area contributed by atoms with Crippen LogP contribution in [-0.2, 0) is 26.0 Å². The van der Waals surface area contributed by atoms with Gasteiger partial charge in [-0.1, -0.05) is 0 Å². The minimum absolute atomic E-state index is 0.0534. The van der Waals surface area contributed by atoms with Crippen LogP contribution in [0.5, 0.6) is 0 Å². The van der Waals surface area contributed by atoms with E-state index in [4.69, 9.17) is 4.74 Å². The van der Waals surface area contributed by atoms with E-state index in [1.54, 1.807) is 20.8 Å². The lowest BCUT2D eigenvalue weighted by molar-refractivity contribution is -0.155. The van der Waals surface area contributed by atoms with Crippen LogP contribution in [0.4, 0.5) is 0 Å². The normalized spacial score (nSPS) is 20.1. The maximum atomic E-state index is 12.1. The number of hydrogen-bond donors (Lipinski definition) is 0. The van der Waals surface area contributed by atoms with Gasteiger partial charge in [0.1, 0.15) is 5.60 Å². The Morgan fingerprint density at radius 3 is 2.71 bits per heavy atom. The first-order valence-electron chi connectivity index (χ1n) is 6.83. The van der Waals surface area contributed by atoms with Crippen LogP contribution in [0.25, 0.3) is 0 Å². The minimum atomic E-state index is -3.35. The van der Waals surface area contributed by atoms with Gasteiger partial charge in [-0.25, -0.2) is 8.42 Å². The van der Waals surface area contributed by atoms with Gasteiger partial charge in [0.15, 0.2) is 0 Å². The molecular formula is C14H21NO4S2. The zero-order chi connectivity index (χ0) is 15.8. The smallest absolute Gasteiger partial charge is 0.308 e. The number of carbonyl (C=O) groups is 1. The lowest BCUT2D eigenvalue weighted by Gasteiger charge is -2.33. The Hall–Kier alpha value is -0.920. The molecule has 0 saturated carbocycles. The van der Waals surface area contributed by atoms with Gasteiger partial charge >= 0.3 is 5.97 Å². The molecule has 1 aliphatic rings. The van der Waals surface area contributed by atoms with Crippen molar-refractivity contribution in [1.29, 1.82) is 0 Å². The summed E-state index contributed by atoms with van der Waals surface area (Å²) in [4.78, 5) is 13.0. The Balaban J connectivity index is 2.26. The van der Waals surface area contributed by atoms with E-state index in [9.17, 15) is 13.2 Å². The standard InChI is InChI=1S/C14H21NO4S2/c1-14(2,3)19-12(16)9-11-13-10(6-8-20-13)5-7-15(11)21(4,17)18/h6,8,11H,5,7,9H2,1-4H3. The van der Waals surface area contributed by atoms with Gasteiger partial charge in [-0.3, -0.25) is 4.79 Å². The predicted molar refractivity (Wildman–Crippen MR) is 82.8 cm³/mol. The van der Waals surface area contributed by atoms with Crippen molar-refractivity contribution in [2.75, 3.05) is 12.8 Å². The van der Waals surface area contributed by atoms with Crippen molar-refractivity contribution in [2.45, 2.75) is 45.3 Å². The van der Waals surface area contributed by atoms with Gasteiger partial charge in [0.25, 0.3) is 0 Å². The minimum Gasteiger partial charge on any atom is -0.460 e. The van der Waals surface area contributed by atoms with Crippen molar-refractivity contribution in [3.05, 3.63) is 21.9 Å². The third-order valence-electron chi connectivity index (χ3n) is 3.24. The van der Waals surface area contributed by atoms with Crippen LogP contribution < -0.4 is 0 Å². The first-order valence-corrected chi connectivity index (χ1v) is 9.55. The number of nitrogens with zero attached hydrogens (tertiary/aromatic N) is 1. The maximum Gasteiger partial charge on any atom is 0.308 e. The van der Waals surface area contributed by atoms with Gasteiger partial charge in [0, 0.05) is 11.4 Å². The van der Waals surface area contributed by atoms with E-state index < -0.39 is 21.7 Å². The van der Waals surface area contributed by atoms with Crippen LogP contribution in [0.1, 0.15) is 43.7 Å². The Morgan fingerprint density at radius 2 is 2.14 bits per heavy atom. The molecule has 0 amide bonds. The van der Waals surface area contributed by atoms with Crippen molar-refractivity contribution in [3.63, 3.8) is 0 Å². The second-order valence-corrected chi connectivity index (χ2v) is 9.12. The van der Waals surface area contributed by atoms with Gasteiger partial charge < -0.3 is 4.74 Å². The molecule has 7 heteroatoms. The number of rotatable bonds is 3. The summed E-state index contributed by atoms with van der Waals surface area (Å²) >= 11 is 1.50. The molecule has 0 fully saturated rings. The molecule has 21 heavy (non-hydrogen) atoms. The molecule has 0 aromatic carbocycles. The van der Waals surface area contributed by atoms with E-state index in [0.29, 0.717) is 13.0 Å². The average Bonchev–Trinajstić information content (AvgIpc) is 2.73. The fourth-order valence-electron chi connectivity index (χ4n) is 2.50. The highest BCUT2D eigenvalue weighted by atomic mass is 32.2. The monoisotopic (exact) mass is 331 g/mol. The molecule has 1 aliphatic heterocycles. The van der Waals surface area contributed by atoms with E-state index in [1.807, 2.05) is 11.4 Å². The zero-order valence-corrected chi connectivity index (χ0v) is 14.4. The zero-order valence-electron chi connectivity index (χ0n) is 12.8. The lowest BCUT2D eigenvalue weighted by Crippen LogP contribution is -2.40. The number of ether oxygens (including phenoxy) is 1. The van der Waals surface area contributed by atoms with Crippen molar-refractivity contribution in [3.8, 4) is 0 Å². The molecular weight excluding hydrogens is 310 g/mol. The van der Waals surface area contributed by atoms with Crippen LogP contribution in [0.2, 0.25) is 0 Å². The van der Waals surface area contributed by atoms with Crippen molar-refractivity contribution >= 4 is 27.3 Å². The highest BCUT2D eigenvalue weighted by Crippen LogP contribution is 2.37. The molecule has 118 valence electrons. The van der Waals surface area contributed by atoms with Gasteiger partial charge in [0.2, 0.25) is 10.0 Å². The average molecular weight is 331 g/mol. The largest absolute Gasteiger partial charge is 0.460 e. The Kier molecular flexibility index (Phi) is 4.46. The molecule has 0 N–H and O–H groups in total. The molecule has 1 aromatic heterocycles. The third-order valence-corrected chi connectivity index (χ3v) is 5.59. The summed E-state index contributed by atoms with van der Waals surface area (Å²) in [6.07, 6.45) is 1.93. The second-order valence-electron chi connectivity index (χ2n) is 6.24. The summed E-state index contributed by atoms with van der Waals surface area (Å²) < 4.78 is 30.7. The fourth-order valence-corrected chi connectivity index (χ4v) is 4.70. The summed E-state index contributed by atoms with van der Waals surface area (Å²) in [6, 6.07) is 1.56. The summed E-state index contributed by atoms with van der Waals surface area (Å²) in [5.74, 6) is -0.373. The molecule has 0 radical (unpaired) electrons. The summed E-state index contributed by atoms with van der Waals surface area (Å²) in [5.41, 5.74) is 0.563. The third kappa shape index (κ3) is 4.05. The second kappa shape index (κ2) is 5.70. The SMILES string of the molecule is CC(C)(C)OC(=O)CC1c2sccc2CCN1S(C)(=O)=O. The van der Waals surface area contributed by atoms with E-state index in [-0.39, 0.29) is 12.4 Å². The molecule has 5 nitrogen and oxygen atoms in total. The Morgan fingerprint density at radius 1 is 1.48 bits per heavy atom. The lowest BCUT2D eigenvalue weighted by atomic mass is 10.0. The van der Waals surface area contributed by atoms with Crippen molar-refractivity contribution in [1.82, 2.24) is 4.31 Å². The maximum absolute atomic E-state index is 12.1. The Bertz CT molecular complexity index is 628. The summed E-state index contributed by atoms with van der Waals surface area (Å²) in [5, 5.41) is 1.94. The van der Waals surface area contributed by atoms with E-state index >= 15 is 0 Å². The molecule has 2 rings (SSSR count). The predicted octanol–water partition coefficient (Wildman–Crippen LogP) is 2.34. The van der Waals surface area contributed by atoms with E-state index in [1.165, 1.54) is 21.9 Å². The highest BCUT2D eigenvalue weighted by Gasteiger charge is 2.36. The van der Waals surface area contributed by atoms with E-state index in [0.717, 1.165) is 10.4 Å². The van der Waals surface area contributed by atoms with Gasteiger partial charge in [0.05, 0.1) is 18.7 Å². The van der Waals surface area contributed by atoms with Gasteiger partial charge in [-0.2, -0.15) is 4.31 Å². The molecule has 0 saturated heterocycles. The number of thiophene rings is 1. The van der Waals surface area contributed by atoms with Crippen LogP contribution in [0, 0.1) is 0 Å². The first kappa shape index (κ1) is 16.5. The number of sulfonamides is 1. The van der Waals surface area contributed by atoms with Gasteiger partial charge in [-0.05, 0) is 44.2 Å². The molecule has 1 aromatic rings.